The van der Waals surface area contributed by atoms with E-state index in [1.165, 1.54) is 19.1 Å². The summed E-state index contributed by atoms with van der Waals surface area (Å²) < 4.78 is 0.535. The molecule has 3 N–H and O–H groups in total. The summed E-state index contributed by atoms with van der Waals surface area (Å²) in [5, 5.41) is 9.13. The summed E-state index contributed by atoms with van der Waals surface area (Å²) in [6.45, 7) is 1.40. The number of benzene rings is 1. The van der Waals surface area contributed by atoms with Gasteiger partial charge in [0.2, 0.25) is 0 Å². The third-order valence-corrected chi connectivity index (χ3v) is 2.15. The number of nitrogens with two attached hydrogens (primary N) is 1. The molecule has 0 aliphatic heterocycles. The van der Waals surface area contributed by atoms with E-state index in [0.29, 0.717) is 15.7 Å². The zero-order chi connectivity index (χ0) is 9.30. The van der Waals surface area contributed by atoms with Crippen molar-refractivity contribution >= 4 is 27.4 Å². The van der Waals surface area contributed by atoms with Gasteiger partial charge in [0, 0.05) is 10.0 Å². The molecule has 0 fully saturated rings. The Labute approximate surface area is 78.3 Å². The van der Waals surface area contributed by atoms with Crippen molar-refractivity contribution < 1.29 is 9.90 Å². The minimum Gasteiger partial charge on any atom is -0.508 e. The minimum atomic E-state index is -0.163. The van der Waals surface area contributed by atoms with E-state index in [1.54, 1.807) is 0 Å². The second-order valence-corrected chi connectivity index (χ2v) is 3.30. The van der Waals surface area contributed by atoms with E-state index in [2.05, 4.69) is 15.9 Å². The molecule has 0 atom stereocenters. The van der Waals surface area contributed by atoms with Crippen molar-refractivity contribution in [1.29, 1.82) is 0 Å². The van der Waals surface area contributed by atoms with Gasteiger partial charge in [0.05, 0.1) is 5.69 Å². The molecule has 0 heterocycles. The predicted molar refractivity (Wildman–Crippen MR) is 50.2 cm³/mol. The summed E-state index contributed by atoms with van der Waals surface area (Å²) in [5.41, 5.74) is 6.27. The molecule has 0 bridgehead atoms. The molecule has 64 valence electrons. The van der Waals surface area contributed by atoms with Crippen molar-refractivity contribution in [2.75, 3.05) is 5.73 Å². The van der Waals surface area contributed by atoms with Gasteiger partial charge in [-0.2, -0.15) is 0 Å². The summed E-state index contributed by atoms with van der Waals surface area (Å²) in [7, 11) is 0. The number of carbonyl (C=O) groups excluding carboxylic acids is 1. The molecule has 0 saturated carbocycles. The van der Waals surface area contributed by atoms with Crippen LogP contribution in [0.1, 0.15) is 17.3 Å². The largest absolute Gasteiger partial charge is 0.508 e. The number of rotatable bonds is 1. The van der Waals surface area contributed by atoms with Crippen molar-refractivity contribution in [3.8, 4) is 5.75 Å². The highest BCUT2D eigenvalue weighted by Gasteiger charge is 2.09. The molecule has 0 spiro atoms. The van der Waals surface area contributed by atoms with Gasteiger partial charge in [0.15, 0.2) is 5.78 Å². The highest BCUT2D eigenvalue weighted by molar-refractivity contribution is 9.10. The molecule has 0 aliphatic rings. The molecule has 12 heavy (non-hydrogen) atoms. The molecular formula is C8H8BrNO2. The van der Waals surface area contributed by atoms with Crippen molar-refractivity contribution in [1.82, 2.24) is 0 Å². The molecular weight excluding hydrogens is 222 g/mol. The Morgan fingerprint density at radius 2 is 2.17 bits per heavy atom. The van der Waals surface area contributed by atoms with Crippen molar-refractivity contribution in [3.05, 3.63) is 22.2 Å². The van der Waals surface area contributed by atoms with E-state index in [4.69, 9.17) is 10.8 Å². The highest BCUT2D eigenvalue weighted by Crippen LogP contribution is 2.28. The lowest BCUT2D eigenvalue weighted by atomic mass is 10.1. The van der Waals surface area contributed by atoms with Gasteiger partial charge >= 0.3 is 0 Å². The van der Waals surface area contributed by atoms with Gasteiger partial charge in [-0.25, -0.2) is 0 Å². The van der Waals surface area contributed by atoms with Crippen LogP contribution in [-0.2, 0) is 0 Å². The first kappa shape index (κ1) is 9.06. The van der Waals surface area contributed by atoms with E-state index < -0.39 is 0 Å². The van der Waals surface area contributed by atoms with Gasteiger partial charge in [-0.05, 0) is 35.0 Å². The molecule has 0 unspecified atom stereocenters. The molecule has 0 amide bonds. The quantitative estimate of drug-likeness (QED) is 0.440. The number of nitrogen functional groups attached to an aromatic ring is 1. The van der Waals surface area contributed by atoms with Crippen LogP contribution in [0, 0.1) is 0 Å². The van der Waals surface area contributed by atoms with Gasteiger partial charge in [-0.15, -0.1) is 0 Å². The van der Waals surface area contributed by atoms with E-state index >= 15 is 0 Å². The smallest absolute Gasteiger partial charge is 0.162 e. The van der Waals surface area contributed by atoms with Crippen LogP contribution in [0.5, 0.6) is 5.75 Å². The fourth-order valence-corrected chi connectivity index (χ4v) is 1.34. The lowest BCUT2D eigenvalue weighted by Gasteiger charge is -2.04. The molecule has 1 aromatic rings. The van der Waals surface area contributed by atoms with Crippen LogP contribution < -0.4 is 5.73 Å². The Morgan fingerprint density at radius 3 is 2.67 bits per heavy atom. The predicted octanol–water partition coefficient (Wildman–Crippen LogP) is 1.94. The molecule has 0 radical (unpaired) electrons. The Hall–Kier alpha value is -1.03. The van der Waals surface area contributed by atoms with Crippen LogP contribution in [0.3, 0.4) is 0 Å². The maximum Gasteiger partial charge on any atom is 0.162 e. The number of ketones is 1. The SMILES string of the molecule is CC(=O)c1cc(O)cc(Br)c1N. The van der Waals surface area contributed by atoms with Crippen LogP contribution in [-0.4, -0.2) is 10.9 Å². The number of anilines is 1. The molecule has 3 nitrogen and oxygen atoms in total. The number of halogens is 1. The standard InChI is InChI=1S/C8H8BrNO2/c1-4(11)6-2-5(12)3-7(9)8(6)10/h2-3,12H,10H2,1H3. The number of phenolic OH excluding ortho intramolecular Hbond substituents is 1. The van der Waals surface area contributed by atoms with Crippen molar-refractivity contribution in [2.24, 2.45) is 0 Å². The number of carbonyl (C=O) groups is 1. The van der Waals surface area contributed by atoms with E-state index in [1.807, 2.05) is 0 Å². The van der Waals surface area contributed by atoms with E-state index in [0.717, 1.165) is 0 Å². The summed E-state index contributed by atoms with van der Waals surface area (Å²) in [4.78, 5) is 11.0. The molecule has 1 rings (SSSR count). The molecule has 0 aliphatic carbocycles. The third kappa shape index (κ3) is 1.58. The lowest BCUT2D eigenvalue weighted by molar-refractivity contribution is 0.101. The monoisotopic (exact) mass is 229 g/mol. The average molecular weight is 230 g/mol. The first-order valence-electron chi connectivity index (χ1n) is 3.31. The van der Waals surface area contributed by atoms with Gasteiger partial charge in [-0.1, -0.05) is 0 Å². The van der Waals surface area contributed by atoms with Crippen LogP contribution in [0.4, 0.5) is 5.69 Å². The fourth-order valence-electron chi connectivity index (χ4n) is 0.895. The Balaban J connectivity index is 3.37. The van der Waals surface area contributed by atoms with Crippen LogP contribution in [0.2, 0.25) is 0 Å². The maximum atomic E-state index is 11.0. The highest BCUT2D eigenvalue weighted by atomic mass is 79.9. The second kappa shape index (κ2) is 3.15. The molecule has 1 aromatic carbocycles. The second-order valence-electron chi connectivity index (χ2n) is 2.45. The normalized spacial score (nSPS) is 9.83. The topological polar surface area (TPSA) is 63.3 Å². The van der Waals surface area contributed by atoms with Gasteiger partial charge < -0.3 is 10.8 Å². The number of Topliss-reactive ketones (excluding diaryl/α,β-unsaturated/α-hetero) is 1. The Bertz CT molecular complexity index is 336. The fraction of sp³-hybridized carbons (Fsp3) is 0.125. The van der Waals surface area contributed by atoms with E-state index in [9.17, 15) is 4.79 Å². The molecule has 0 saturated heterocycles. The number of hydrogen-bond acceptors (Lipinski definition) is 3. The minimum absolute atomic E-state index is 0.0290. The zero-order valence-electron chi connectivity index (χ0n) is 6.47. The maximum absolute atomic E-state index is 11.0. The van der Waals surface area contributed by atoms with Gasteiger partial charge in [0.1, 0.15) is 5.75 Å². The summed E-state index contributed by atoms with van der Waals surface area (Å²) in [6, 6.07) is 2.80. The van der Waals surface area contributed by atoms with Crippen LogP contribution in [0.15, 0.2) is 16.6 Å². The average Bonchev–Trinajstić information content (AvgIpc) is 1.96. The van der Waals surface area contributed by atoms with Crippen LogP contribution in [0.25, 0.3) is 0 Å². The number of hydrogen-bond donors (Lipinski definition) is 2. The first-order valence-corrected chi connectivity index (χ1v) is 4.10. The van der Waals surface area contributed by atoms with Gasteiger partial charge in [-0.3, -0.25) is 4.79 Å². The van der Waals surface area contributed by atoms with Crippen molar-refractivity contribution in [2.45, 2.75) is 6.92 Å². The number of phenols is 1. The summed E-state index contributed by atoms with van der Waals surface area (Å²) in [6.07, 6.45) is 0. The molecule has 4 heteroatoms. The summed E-state index contributed by atoms with van der Waals surface area (Å²) in [5.74, 6) is -0.134. The Morgan fingerprint density at radius 1 is 1.58 bits per heavy atom. The van der Waals surface area contributed by atoms with Gasteiger partial charge in [0.25, 0.3) is 0 Å². The third-order valence-electron chi connectivity index (χ3n) is 1.49. The first-order chi connectivity index (χ1) is 5.52. The zero-order valence-corrected chi connectivity index (χ0v) is 8.05. The van der Waals surface area contributed by atoms with Crippen molar-refractivity contribution in [3.63, 3.8) is 0 Å². The lowest BCUT2D eigenvalue weighted by Crippen LogP contribution is -1.99. The van der Waals surface area contributed by atoms with Crippen LogP contribution >= 0.6 is 15.9 Å². The number of aromatic hydroxyl groups is 1. The Kier molecular flexibility index (Phi) is 2.38. The molecule has 0 aromatic heterocycles. The summed E-state index contributed by atoms with van der Waals surface area (Å²) >= 11 is 3.13. The van der Waals surface area contributed by atoms with E-state index in [-0.39, 0.29) is 11.5 Å².